The van der Waals surface area contributed by atoms with Crippen molar-refractivity contribution in [3.05, 3.63) is 131 Å². The van der Waals surface area contributed by atoms with Crippen LogP contribution in [0.2, 0.25) is 0 Å². The number of ether oxygens (including phenoxy) is 1. The second kappa shape index (κ2) is 11.4. The topological polar surface area (TPSA) is 22.1 Å². The van der Waals surface area contributed by atoms with Gasteiger partial charge in [0.15, 0.2) is 17.5 Å². The van der Waals surface area contributed by atoms with Crippen LogP contribution >= 0.6 is 11.3 Å². The van der Waals surface area contributed by atoms with Gasteiger partial charge in [0.25, 0.3) is 0 Å². The van der Waals surface area contributed by atoms with Crippen LogP contribution in [0.4, 0.5) is 30.7 Å². The van der Waals surface area contributed by atoms with Gasteiger partial charge in [0, 0.05) is 12.1 Å². The van der Waals surface area contributed by atoms with Crippen molar-refractivity contribution in [3.8, 4) is 28.0 Å². The molecule has 1 heterocycles. The number of aryl methyl sites for hydroxylation is 1. The van der Waals surface area contributed by atoms with Gasteiger partial charge in [0.1, 0.15) is 17.4 Å². The van der Waals surface area contributed by atoms with Crippen LogP contribution in [-0.4, -0.2) is 4.98 Å². The molecule has 0 atom stereocenters. The Bertz CT molecular complexity index is 2030. The number of hydrogen-bond donors (Lipinski definition) is 0. The molecular formula is C34H20F7NOS. The normalized spacial score (nSPS) is 11.8. The van der Waals surface area contributed by atoms with Crippen molar-refractivity contribution in [2.45, 2.75) is 19.0 Å². The van der Waals surface area contributed by atoms with Crippen LogP contribution in [0, 0.1) is 29.1 Å². The third kappa shape index (κ3) is 5.65. The molecule has 0 aliphatic heterocycles. The minimum Gasteiger partial charge on any atom is -0.427 e. The molecule has 0 aliphatic carbocycles. The van der Waals surface area contributed by atoms with Gasteiger partial charge in [-0.25, -0.2) is 26.9 Å². The van der Waals surface area contributed by atoms with Gasteiger partial charge in [0.05, 0.1) is 15.8 Å². The molecule has 0 spiro atoms. The largest absolute Gasteiger partial charge is 0.454 e. The van der Waals surface area contributed by atoms with Crippen molar-refractivity contribution in [1.82, 2.24) is 4.98 Å². The fourth-order valence-corrected chi connectivity index (χ4v) is 5.82. The van der Waals surface area contributed by atoms with E-state index in [1.165, 1.54) is 30.3 Å². The van der Waals surface area contributed by atoms with E-state index in [0.29, 0.717) is 22.5 Å². The van der Waals surface area contributed by atoms with Gasteiger partial charge in [-0.3, -0.25) is 0 Å². The Morgan fingerprint density at radius 1 is 0.727 bits per heavy atom. The van der Waals surface area contributed by atoms with Crippen molar-refractivity contribution < 1.29 is 35.5 Å². The summed E-state index contributed by atoms with van der Waals surface area (Å²) in [6.07, 6.45) is -0.574. The Morgan fingerprint density at radius 3 is 2.09 bits per heavy atom. The summed E-state index contributed by atoms with van der Waals surface area (Å²) in [5.74, 6) is -7.87. The highest BCUT2D eigenvalue weighted by Crippen LogP contribution is 2.39. The summed E-state index contributed by atoms with van der Waals surface area (Å²) in [6, 6.07) is 18.5. The monoisotopic (exact) mass is 623 g/mol. The van der Waals surface area contributed by atoms with Crippen LogP contribution < -0.4 is 4.74 Å². The first-order valence-electron chi connectivity index (χ1n) is 13.3. The molecule has 0 saturated carbocycles. The zero-order valence-electron chi connectivity index (χ0n) is 22.6. The molecule has 2 nitrogen and oxygen atoms in total. The average molecular weight is 624 g/mol. The van der Waals surface area contributed by atoms with Gasteiger partial charge in [0.2, 0.25) is 5.01 Å². The Kier molecular flexibility index (Phi) is 7.63. The summed E-state index contributed by atoms with van der Waals surface area (Å²) in [7, 11) is 0. The van der Waals surface area contributed by atoms with Crippen LogP contribution in [0.3, 0.4) is 0 Å². The average Bonchev–Trinajstić information content (AvgIpc) is 3.43. The van der Waals surface area contributed by atoms with E-state index in [-0.39, 0.29) is 33.5 Å². The molecule has 0 saturated heterocycles. The number of aromatic nitrogens is 1. The smallest absolute Gasteiger partial charge is 0.427 e. The SMILES string of the molecule is C=CCCc1ccc2cc(-c3cc(F)c(-c4ccc5nc(C(F)(F)Oc6cc(F)c(F)c(F)c6)sc5c4)c(F)c3)ccc2c1. The summed E-state index contributed by atoms with van der Waals surface area (Å²) >= 11 is 0.464. The molecule has 0 fully saturated rings. The highest BCUT2D eigenvalue weighted by Gasteiger charge is 2.39. The van der Waals surface area contributed by atoms with E-state index in [1.807, 2.05) is 30.3 Å². The maximum Gasteiger partial charge on any atom is 0.454 e. The van der Waals surface area contributed by atoms with Crippen LogP contribution in [0.5, 0.6) is 5.75 Å². The molecule has 6 rings (SSSR count). The van der Waals surface area contributed by atoms with Crippen molar-refractivity contribution in [1.29, 1.82) is 0 Å². The van der Waals surface area contributed by atoms with Gasteiger partial charge in [-0.2, -0.15) is 8.78 Å². The summed E-state index contributed by atoms with van der Waals surface area (Å²) in [5, 5.41) is 1.03. The summed E-state index contributed by atoms with van der Waals surface area (Å²) in [4.78, 5) is 3.81. The van der Waals surface area contributed by atoms with Crippen molar-refractivity contribution >= 4 is 32.3 Å². The molecule has 0 radical (unpaired) electrons. The Hall–Kier alpha value is -4.70. The highest BCUT2D eigenvalue weighted by molar-refractivity contribution is 7.18. The van der Waals surface area contributed by atoms with Crippen LogP contribution in [0.1, 0.15) is 17.0 Å². The number of hydrogen-bond acceptors (Lipinski definition) is 3. The lowest BCUT2D eigenvalue weighted by Crippen LogP contribution is -2.21. The van der Waals surface area contributed by atoms with E-state index in [4.69, 9.17) is 0 Å². The summed E-state index contributed by atoms with van der Waals surface area (Å²) < 4.78 is 105. The molecular weight excluding hydrogens is 603 g/mol. The summed E-state index contributed by atoms with van der Waals surface area (Å²) in [6.45, 7) is 3.74. The van der Waals surface area contributed by atoms with Gasteiger partial charge >= 0.3 is 6.11 Å². The predicted molar refractivity (Wildman–Crippen MR) is 157 cm³/mol. The third-order valence-corrected chi connectivity index (χ3v) is 8.12. The number of fused-ring (bicyclic) bond motifs is 2. The van der Waals surface area contributed by atoms with Gasteiger partial charge in [-0.15, -0.1) is 17.9 Å². The second-order valence-corrected chi connectivity index (χ2v) is 11.1. The lowest BCUT2D eigenvalue weighted by molar-refractivity contribution is -0.185. The number of thiazole rings is 1. The molecule has 0 unspecified atom stereocenters. The van der Waals surface area contributed by atoms with E-state index in [0.717, 1.165) is 29.2 Å². The minimum atomic E-state index is -4.15. The van der Waals surface area contributed by atoms with Crippen LogP contribution in [0.25, 0.3) is 43.2 Å². The number of nitrogens with zero attached hydrogens (tertiary/aromatic N) is 1. The van der Waals surface area contributed by atoms with Crippen LogP contribution in [-0.2, 0) is 12.5 Å². The quantitative estimate of drug-likeness (QED) is 0.0956. The molecule has 1 aromatic heterocycles. The van der Waals surface area contributed by atoms with E-state index in [9.17, 15) is 22.0 Å². The molecule has 0 aliphatic rings. The maximum absolute atomic E-state index is 15.4. The first-order valence-corrected chi connectivity index (χ1v) is 14.1. The van der Waals surface area contributed by atoms with Gasteiger partial charge in [-0.1, -0.05) is 42.5 Å². The van der Waals surface area contributed by atoms with E-state index in [1.54, 1.807) is 6.07 Å². The van der Waals surface area contributed by atoms with Gasteiger partial charge < -0.3 is 4.74 Å². The molecule has 0 N–H and O–H groups in total. The van der Waals surface area contributed by atoms with E-state index >= 15 is 8.78 Å². The second-order valence-electron chi connectivity index (χ2n) is 10.1. The fourth-order valence-electron chi connectivity index (χ4n) is 4.90. The summed E-state index contributed by atoms with van der Waals surface area (Å²) in [5.41, 5.74) is 1.92. The number of rotatable bonds is 8. The first kappa shape index (κ1) is 29.4. The zero-order valence-corrected chi connectivity index (χ0v) is 23.4. The van der Waals surface area contributed by atoms with Crippen molar-refractivity contribution in [2.75, 3.05) is 0 Å². The number of halogens is 7. The minimum absolute atomic E-state index is 0.0785. The Labute approximate surface area is 250 Å². The lowest BCUT2D eigenvalue weighted by Gasteiger charge is -2.15. The standard InChI is InChI=1S/C34H20F7NOS/c1-2-3-4-18-5-6-20-12-21(8-7-19(20)11-18)23-13-25(35)31(26(36)14-23)22-9-10-29-30(15-22)44-33(42-29)34(40,41)43-24-16-27(37)32(39)28(38)17-24/h2,5-17H,1,3-4H2. The number of benzene rings is 5. The molecule has 44 heavy (non-hydrogen) atoms. The Morgan fingerprint density at radius 2 is 1.39 bits per heavy atom. The molecule has 222 valence electrons. The molecule has 5 aromatic carbocycles. The molecule has 10 heteroatoms. The first-order chi connectivity index (χ1) is 21.0. The molecule has 6 aromatic rings. The number of allylic oxidation sites excluding steroid dienone is 1. The molecule has 0 bridgehead atoms. The van der Waals surface area contributed by atoms with Gasteiger partial charge in [-0.05, 0) is 76.2 Å². The molecule has 0 amide bonds. The lowest BCUT2D eigenvalue weighted by atomic mass is 9.96. The maximum atomic E-state index is 15.4. The number of alkyl halides is 2. The zero-order chi connectivity index (χ0) is 31.2. The predicted octanol–water partition coefficient (Wildman–Crippen LogP) is 10.7. The fraction of sp³-hybridized carbons (Fsp3) is 0.0882. The van der Waals surface area contributed by atoms with E-state index in [2.05, 4.69) is 22.4 Å². The van der Waals surface area contributed by atoms with Crippen LogP contribution in [0.15, 0.2) is 91.5 Å². The Balaban J connectivity index is 1.29. The highest BCUT2D eigenvalue weighted by atomic mass is 32.1. The third-order valence-electron chi connectivity index (χ3n) is 7.05. The van der Waals surface area contributed by atoms with E-state index < -0.39 is 46.0 Å². The van der Waals surface area contributed by atoms with Crippen molar-refractivity contribution in [2.24, 2.45) is 0 Å². The van der Waals surface area contributed by atoms with Crippen molar-refractivity contribution in [3.63, 3.8) is 0 Å².